The van der Waals surface area contributed by atoms with Crippen LogP contribution in [0.3, 0.4) is 0 Å². The second kappa shape index (κ2) is 5.45. The maximum Gasteiger partial charge on any atom is 0.0817 e. The first-order valence-corrected chi connectivity index (χ1v) is 6.28. The van der Waals surface area contributed by atoms with Gasteiger partial charge in [-0.05, 0) is 19.9 Å². The zero-order chi connectivity index (χ0) is 11.4. The van der Waals surface area contributed by atoms with Crippen LogP contribution in [0, 0.1) is 0 Å². The maximum atomic E-state index is 10.4. The Bertz CT molecular complexity index is 210. The molecule has 2 aliphatic rings. The Morgan fingerprint density at radius 3 is 2.31 bits per heavy atom. The van der Waals surface area contributed by atoms with Gasteiger partial charge < -0.3 is 19.5 Å². The van der Waals surface area contributed by atoms with E-state index in [4.69, 9.17) is 9.47 Å². The summed E-state index contributed by atoms with van der Waals surface area (Å²) in [5, 5.41) is 10.4. The van der Waals surface area contributed by atoms with Gasteiger partial charge in [0.15, 0.2) is 0 Å². The number of likely N-dealkylation sites (N-methyl/N-ethyl adjacent to an activating group) is 1. The predicted octanol–water partition coefficient (Wildman–Crippen LogP) is 0.639. The fourth-order valence-corrected chi connectivity index (χ4v) is 2.63. The summed E-state index contributed by atoms with van der Waals surface area (Å²) in [4.78, 5) is 2.30. The van der Waals surface area contributed by atoms with E-state index in [1.807, 2.05) is 0 Å². The highest BCUT2D eigenvalue weighted by Gasteiger charge is 2.33. The van der Waals surface area contributed by atoms with Gasteiger partial charge in [0, 0.05) is 51.9 Å². The minimum absolute atomic E-state index is 0.536. The van der Waals surface area contributed by atoms with Crippen molar-refractivity contribution in [3.05, 3.63) is 0 Å². The Morgan fingerprint density at radius 1 is 1.12 bits per heavy atom. The van der Waals surface area contributed by atoms with Crippen molar-refractivity contribution in [2.75, 3.05) is 40.0 Å². The van der Waals surface area contributed by atoms with Crippen LogP contribution in [0.4, 0.5) is 0 Å². The average Bonchev–Trinajstić information content (AvgIpc) is 2.30. The smallest absolute Gasteiger partial charge is 0.0817 e. The lowest BCUT2D eigenvalue weighted by Gasteiger charge is -2.39. The Balaban J connectivity index is 1.82. The highest BCUT2D eigenvalue weighted by Crippen LogP contribution is 2.23. The molecule has 94 valence electrons. The molecular weight excluding hydrogens is 206 g/mol. The third-order valence-electron chi connectivity index (χ3n) is 3.78. The minimum atomic E-state index is -0.536. The van der Waals surface area contributed by atoms with Crippen LogP contribution in [0.5, 0.6) is 0 Å². The Labute approximate surface area is 97.5 Å². The molecule has 16 heavy (non-hydrogen) atoms. The van der Waals surface area contributed by atoms with Crippen molar-refractivity contribution in [1.29, 1.82) is 0 Å². The van der Waals surface area contributed by atoms with Gasteiger partial charge in [-0.3, -0.25) is 0 Å². The fourth-order valence-electron chi connectivity index (χ4n) is 2.63. The highest BCUT2D eigenvalue weighted by atomic mass is 16.5. The summed E-state index contributed by atoms with van der Waals surface area (Å²) in [6.07, 6.45) is 3.70. The van der Waals surface area contributed by atoms with Crippen molar-refractivity contribution in [2.45, 2.75) is 37.3 Å². The first-order chi connectivity index (χ1) is 7.70. The van der Waals surface area contributed by atoms with E-state index in [0.717, 1.165) is 45.4 Å². The van der Waals surface area contributed by atoms with Crippen molar-refractivity contribution in [2.24, 2.45) is 0 Å². The molecule has 0 aromatic carbocycles. The maximum absolute atomic E-state index is 10.4. The van der Waals surface area contributed by atoms with Gasteiger partial charge in [-0.1, -0.05) is 0 Å². The summed E-state index contributed by atoms with van der Waals surface area (Å²) in [7, 11) is 2.11. The van der Waals surface area contributed by atoms with Gasteiger partial charge in [-0.25, -0.2) is 0 Å². The van der Waals surface area contributed by atoms with Crippen LogP contribution in [0.25, 0.3) is 0 Å². The SMILES string of the molecule is CN(CC1(O)CCOCC1)C1CCOCC1. The summed E-state index contributed by atoms with van der Waals surface area (Å²) in [6.45, 7) is 3.87. The summed E-state index contributed by atoms with van der Waals surface area (Å²) < 4.78 is 10.6. The van der Waals surface area contributed by atoms with Crippen LogP contribution in [0.15, 0.2) is 0 Å². The second-order valence-electron chi connectivity index (χ2n) is 5.10. The summed E-state index contributed by atoms with van der Waals surface area (Å²) in [5.41, 5.74) is -0.536. The number of ether oxygens (including phenoxy) is 2. The van der Waals surface area contributed by atoms with Gasteiger partial charge in [0.2, 0.25) is 0 Å². The molecule has 1 N–H and O–H groups in total. The third-order valence-corrected chi connectivity index (χ3v) is 3.78. The van der Waals surface area contributed by atoms with Crippen molar-refractivity contribution >= 4 is 0 Å². The summed E-state index contributed by atoms with van der Waals surface area (Å²) >= 11 is 0. The van der Waals surface area contributed by atoms with E-state index in [1.54, 1.807) is 0 Å². The van der Waals surface area contributed by atoms with E-state index in [-0.39, 0.29) is 0 Å². The van der Waals surface area contributed by atoms with Crippen LogP contribution in [0.2, 0.25) is 0 Å². The van der Waals surface area contributed by atoms with Crippen molar-refractivity contribution in [3.63, 3.8) is 0 Å². The highest BCUT2D eigenvalue weighted by molar-refractivity contribution is 4.86. The van der Waals surface area contributed by atoms with Crippen molar-refractivity contribution < 1.29 is 14.6 Å². The summed E-state index contributed by atoms with van der Waals surface area (Å²) in [5.74, 6) is 0. The average molecular weight is 229 g/mol. The number of nitrogens with zero attached hydrogens (tertiary/aromatic N) is 1. The van der Waals surface area contributed by atoms with Crippen LogP contribution in [-0.4, -0.2) is 61.7 Å². The lowest BCUT2D eigenvalue weighted by atomic mass is 9.93. The molecule has 0 bridgehead atoms. The topological polar surface area (TPSA) is 41.9 Å². The van der Waals surface area contributed by atoms with Crippen molar-refractivity contribution in [1.82, 2.24) is 4.90 Å². The standard InChI is InChI=1S/C12H23NO3/c1-13(11-2-6-15-7-3-11)10-12(14)4-8-16-9-5-12/h11,14H,2-10H2,1H3. The van der Waals surface area contributed by atoms with Gasteiger partial charge in [-0.15, -0.1) is 0 Å². The molecule has 0 saturated carbocycles. The molecule has 0 amide bonds. The molecule has 4 nitrogen and oxygen atoms in total. The van der Waals surface area contributed by atoms with Crippen LogP contribution in [0.1, 0.15) is 25.7 Å². The normalized spacial score (nSPS) is 27.2. The minimum Gasteiger partial charge on any atom is -0.388 e. The molecule has 2 fully saturated rings. The number of hydrogen-bond acceptors (Lipinski definition) is 4. The van der Waals surface area contributed by atoms with Crippen LogP contribution >= 0.6 is 0 Å². The lowest BCUT2D eigenvalue weighted by Crippen LogP contribution is -2.49. The molecule has 0 aromatic heterocycles. The van der Waals surface area contributed by atoms with E-state index < -0.39 is 5.60 Å². The van der Waals surface area contributed by atoms with E-state index in [0.29, 0.717) is 19.3 Å². The first-order valence-electron chi connectivity index (χ1n) is 6.28. The monoisotopic (exact) mass is 229 g/mol. The Morgan fingerprint density at radius 2 is 1.69 bits per heavy atom. The molecule has 0 atom stereocenters. The molecule has 0 aromatic rings. The largest absolute Gasteiger partial charge is 0.388 e. The Hall–Kier alpha value is -0.160. The van der Waals surface area contributed by atoms with Gasteiger partial charge in [0.1, 0.15) is 0 Å². The van der Waals surface area contributed by atoms with Gasteiger partial charge in [0.25, 0.3) is 0 Å². The molecule has 2 saturated heterocycles. The van der Waals surface area contributed by atoms with Gasteiger partial charge >= 0.3 is 0 Å². The fraction of sp³-hybridized carbons (Fsp3) is 1.00. The molecular formula is C12H23NO3. The second-order valence-corrected chi connectivity index (χ2v) is 5.10. The third kappa shape index (κ3) is 3.17. The quantitative estimate of drug-likeness (QED) is 0.771. The zero-order valence-electron chi connectivity index (χ0n) is 10.2. The van der Waals surface area contributed by atoms with Crippen molar-refractivity contribution in [3.8, 4) is 0 Å². The lowest BCUT2D eigenvalue weighted by molar-refractivity contribution is -0.0866. The number of hydrogen-bond donors (Lipinski definition) is 1. The molecule has 2 heterocycles. The Kier molecular flexibility index (Phi) is 4.19. The van der Waals surface area contributed by atoms with E-state index in [2.05, 4.69) is 11.9 Å². The first kappa shape index (κ1) is 12.3. The molecule has 0 aliphatic carbocycles. The number of aliphatic hydroxyl groups is 1. The molecule has 0 radical (unpaired) electrons. The zero-order valence-corrected chi connectivity index (χ0v) is 10.2. The molecule has 0 unspecified atom stereocenters. The molecule has 2 rings (SSSR count). The predicted molar refractivity (Wildman–Crippen MR) is 61.5 cm³/mol. The molecule has 0 spiro atoms. The van der Waals surface area contributed by atoms with Crippen LogP contribution < -0.4 is 0 Å². The van der Waals surface area contributed by atoms with Gasteiger partial charge in [-0.2, -0.15) is 0 Å². The molecule has 4 heteroatoms. The van der Waals surface area contributed by atoms with E-state index >= 15 is 0 Å². The van der Waals surface area contributed by atoms with E-state index in [1.165, 1.54) is 0 Å². The number of rotatable bonds is 3. The van der Waals surface area contributed by atoms with Crippen LogP contribution in [-0.2, 0) is 9.47 Å². The van der Waals surface area contributed by atoms with Gasteiger partial charge in [0.05, 0.1) is 5.60 Å². The summed E-state index contributed by atoms with van der Waals surface area (Å²) in [6, 6.07) is 0.570. The molecule has 2 aliphatic heterocycles. The van der Waals surface area contributed by atoms with E-state index in [9.17, 15) is 5.11 Å².